The van der Waals surface area contributed by atoms with Crippen LogP contribution in [0.1, 0.15) is 41.0 Å². The van der Waals surface area contributed by atoms with Gasteiger partial charge in [0.25, 0.3) is 0 Å². The molecule has 122 valence electrons. The van der Waals surface area contributed by atoms with Gasteiger partial charge in [-0.2, -0.15) is 0 Å². The molecular formula is C13H24N2O6. The molecule has 0 saturated carbocycles. The quantitative estimate of drug-likeness (QED) is 0.554. The van der Waals surface area contributed by atoms with Crippen molar-refractivity contribution in [3.05, 3.63) is 0 Å². The lowest BCUT2D eigenvalue weighted by molar-refractivity contribution is -0.142. The Bertz CT molecular complexity index is 381. The summed E-state index contributed by atoms with van der Waals surface area (Å²) in [5.74, 6) is -2.37. The molecule has 0 unspecified atom stereocenters. The lowest BCUT2D eigenvalue weighted by Gasteiger charge is -2.14. The van der Waals surface area contributed by atoms with Crippen molar-refractivity contribution in [3.63, 3.8) is 0 Å². The number of carbonyl (C=O) groups excluding carboxylic acids is 2. The third-order valence-corrected chi connectivity index (χ3v) is 2.17. The second kappa shape index (κ2) is 10.6. The topological polar surface area (TPSA) is 133 Å². The molecule has 0 radical (unpaired) electrons. The van der Waals surface area contributed by atoms with Gasteiger partial charge in [-0.05, 0) is 19.3 Å². The first-order chi connectivity index (χ1) is 9.47. The van der Waals surface area contributed by atoms with Crippen molar-refractivity contribution in [1.82, 2.24) is 10.6 Å². The van der Waals surface area contributed by atoms with Gasteiger partial charge in [-0.1, -0.05) is 13.8 Å². The van der Waals surface area contributed by atoms with E-state index < -0.39 is 24.0 Å². The van der Waals surface area contributed by atoms with E-state index in [1.54, 1.807) is 0 Å². The number of hydrogen-bond donors (Lipinski definition) is 4. The summed E-state index contributed by atoms with van der Waals surface area (Å²) in [4.78, 5) is 41.3. The van der Waals surface area contributed by atoms with Crippen molar-refractivity contribution < 1.29 is 29.4 Å². The van der Waals surface area contributed by atoms with Gasteiger partial charge in [-0.3, -0.25) is 14.4 Å². The summed E-state index contributed by atoms with van der Waals surface area (Å²) in [5.41, 5.74) is 0. The predicted octanol–water partition coefficient (Wildman–Crippen LogP) is 0.217. The lowest BCUT2D eigenvalue weighted by atomic mass is 10.0. The van der Waals surface area contributed by atoms with Crippen LogP contribution in [-0.2, 0) is 19.2 Å². The first kappa shape index (κ1) is 21.2. The van der Waals surface area contributed by atoms with Gasteiger partial charge in [0.15, 0.2) is 0 Å². The molecule has 0 spiro atoms. The number of carboxylic acid groups (broad SMARTS) is 2. The highest BCUT2D eigenvalue weighted by Gasteiger charge is 2.18. The number of nitrogens with one attached hydrogen (secondary N) is 2. The predicted molar refractivity (Wildman–Crippen MR) is 75.6 cm³/mol. The van der Waals surface area contributed by atoms with Crippen LogP contribution in [0.5, 0.6) is 0 Å². The number of carboxylic acids is 2. The molecule has 4 N–H and O–H groups in total. The summed E-state index contributed by atoms with van der Waals surface area (Å²) in [6, 6.07) is -1.54. The van der Waals surface area contributed by atoms with E-state index in [1.165, 1.54) is 20.8 Å². The van der Waals surface area contributed by atoms with Crippen LogP contribution in [0.4, 0.5) is 0 Å². The maximum Gasteiger partial charge on any atom is 0.326 e. The molecule has 0 aliphatic carbocycles. The first-order valence-corrected chi connectivity index (χ1v) is 6.47. The van der Waals surface area contributed by atoms with Crippen molar-refractivity contribution in [2.45, 2.75) is 53.1 Å². The standard InChI is InChI=1S/C8H15NO3.C5H9NO3/c1-5(2)4-7(8(11)12)9-6(3)10;1-3(5(8)9)6-4(2)7/h5,7H,4H2,1-3H3,(H,9,10)(H,11,12);3H,1-2H3,(H,6,7)(H,8,9)/t7-;3-/m00/s1. The molecule has 0 saturated heterocycles. The van der Waals surface area contributed by atoms with Gasteiger partial charge in [-0.15, -0.1) is 0 Å². The van der Waals surface area contributed by atoms with Gasteiger partial charge in [-0.25, -0.2) is 4.79 Å². The van der Waals surface area contributed by atoms with Crippen molar-refractivity contribution >= 4 is 23.8 Å². The second-order valence-electron chi connectivity index (χ2n) is 4.98. The molecule has 0 aromatic carbocycles. The Labute approximate surface area is 123 Å². The van der Waals surface area contributed by atoms with E-state index in [9.17, 15) is 19.2 Å². The van der Waals surface area contributed by atoms with E-state index in [0.29, 0.717) is 6.42 Å². The number of carbonyl (C=O) groups is 4. The highest BCUT2D eigenvalue weighted by molar-refractivity contribution is 5.82. The van der Waals surface area contributed by atoms with Crippen LogP contribution in [-0.4, -0.2) is 46.0 Å². The first-order valence-electron chi connectivity index (χ1n) is 6.47. The molecule has 0 aliphatic heterocycles. The zero-order valence-electron chi connectivity index (χ0n) is 13.0. The Kier molecular flexibility index (Phi) is 10.7. The highest BCUT2D eigenvalue weighted by Crippen LogP contribution is 2.04. The maximum absolute atomic E-state index is 10.6. The van der Waals surface area contributed by atoms with Gasteiger partial charge in [0, 0.05) is 13.8 Å². The summed E-state index contributed by atoms with van der Waals surface area (Å²) < 4.78 is 0. The van der Waals surface area contributed by atoms with Crippen LogP contribution in [0.2, 0.25) is 0 Å². The Morgan fingerprint density at radius 1 is 0.857 bits per heavy atom. The Morgan fingerprint density at radius 3 is 1.48 bits per heavy atom. The fraction of sp³-hybridized carbons (Fsp3) is 0.692. The van der Waals surface area contributed by atoms with Crippen LogP contribution in [0, 0.1) is 5.92 Å². The summed E-state index contributed by atoms with van der Waals surface area (Å²) in [6.07, 6.45) is 0.467. The zero-order valence-corrected chi connectivity index (χ0v) is 13.0. The van der Waals surface area contributed by atoms with E-state index in [2.05, 4.69) is 10.6 Å². The molecular weight excluding hydrogens is 280 g/mol. The third kappa shape index (κ3) is 14.1. The Morgan fingerprint density at radius 2 is 1.29 bits per heavy atom. The van der Waals surface area contributed by atoms with E-state index in [0.717, 1.165) is 0 Å². The average molecular weight is 304 g/mol. The zero-order chi connectivity index (χ0) is 17.2. The minimum Gasteiger partial charge on any atom is -0.480 e. The smallest absolute Gasteiger partial charge is 0.326 e. The van der Waals surface area contributed by atoms with E-state index >= 15 is 0 Å². The minimum absolute atomic E-state index is 0.262. The molecule has 0 fully saturated rings. The maximum atomic E-state index is 10.6. The fourth-order valence-corrected chi connectivity index (χ4v) is 1.30. The van der Waals surface area contributed by atoms with Gasteiger partial charge >= 0.3 is 11.9 Å². The summed E-state index contributed by atoms with van der Waals surface area (Å²) >= 11 is 0. The molecule has 8 heteroatoms. The Balaban J connectivity index is 0. The second-order valence-corrected chi connectivity index (χ2v) is 4.98. The van der Waals surface area contributed by atoms with Gasteiger partial charge in [0.1, 0.15) is 12.1 Å². The van der Waals surface area contributed by atoms with Gasteiger partial charge < -0.3 is 20.8 Å². The molecule has 8 nitrogen and oxygen atoms in total. The number of amides is 2. The molecule has 21 heavy (non-hydrogen) atoms. The highest BCUT2D eigenvalue weighted by atomic mass is 16.4. The van der Waals surface area contributed by atoms with Crippen molar-refractivity contribution in [2.75, 3.05) is 0 Å². The monoisotopic (exact) mass is 304 g/mol. The van der Waals surface area contributed by atoms with Crippen LogP contribution in [0.25, 0.3) is 0 Å². The molecule has 0 rings (SSSR count). The molecule has 2 atom stereocenters. The molecule has 0 aromatic heterocycles. The molecule has 0 aliphatic rings. The molecule has 0 heterocycles. The number of hydrogen-bond acceptors (Lipinski definition) is 4. The minimum atomic E-state index is -1.02. The fourth-order valence-electron chi connectivity index (χ4n) is 1.30. The summed E-state index contributed by atoms with van der Waals surface area (Å²) in [5, 5.41) is 21.4. The Hall–Kier alpha value is -2.12. The SMILES string of the molecule is CC(=O)N[C@@H](C)C(=O)O.CC(=O)N[C@@H](CC(C)C)C(=O)O. The number of aliphatic carboxylic acids is 2. The average Bonchev–Trinajstić information content (AvgIpc) is 2.26. The van der Waals surface area contributed by atoms with E-state index in [1.807, 2.05) is 13.8 Å². The van der Waals surface area contributed by atoms with E-state index in [-0.39, 0.29) is 17.7 Å². The van der Waals surface area contributed by atoms with Crippen molar-refractivity contribution in [1.29, 1.82) is 0 Å². The normalized spacial score (nSPS) is 12.5. The van der Waals surface area contributed by atoms with Gasteiger partial charge in [0.05, 0.1) is 0 Å². The van der Waals surface area contributed by atoms with Crippen molar-refractivity contribution in [3.8, 4) is 0 Å². The van der Waals surface area contributed by atoms with Crippen LogP contribution < -0.4 is 10.6 Å². The largest absolute Gasteiger partial charge is 0.480 e. The molecule has 2 amide bonds. The third-order valence-electron chi connectivity index (χ3n) is 2.17. The van der Waals surface area contributed by atoms with Crippen molar-refractivity contribution in [2.24, 2.45) is 5.92 Å². The van der Waals surface area contributed by atoms with Crippen LogP contribution >= 0.6 is 0 Å². The summed E-state index contributed by atoms with van der Waals surface area (Å²) in [7, 11) is 0. The lowest BCUT2D eigenvalue weighted by Crippen LogP contribution is -2.40. The number of rotatable bonds is 6. The van der Waals surface area contributed by atoms with Gasteiger partial charge in [0.2, 0.25) is 11.8 Å². The van der Waals surface area contributed by atoms with Crippen LogP contribution in [0.15, 0.2) is 0 Å². The molecule has 0 aromatic rings. The van der Waals surface area contributed by atoms with Crippen LogP contribution in [0.3, 0.4) is 0 Å². The van der Waals surface area contributed by atoms with E-state index in [4.69, 9.17) is 10.2 Å². The summed E-state index contributed by atoms with van der Waals surface area (Å²) in [6.45, 7) is 7.83. The molecule has 0 bridgehead atoms.